The molecule has 2 saturated carbocycles. The lowest BCUT2D eigenvalue weighted by Gasteiger charge is -2.50. The van der Waals surface area contributed by atoms with Gasteiger partial charge in [-0.2, -0.15) is 0 Å². The summed E-state index contributed by atoms with van der Waals surface area (Å²) in [6.45, 7) is 2.16. The van der Waals surface area contributed by atoms with Crippen LogP contribution in [0.25, 0.3) is 0 Å². The number of ether oxygens (including phenoxy) is 1. The van der Waals surface area contributed by atoms with E-state index in [0.717, 1.165) is 32.1 Å². The minimum Gasteiger partial charge on any atom is -0.508 e. The van der Waals surface area contributed by atoms with Gasteiger partial charge in [0.2, 0.25) is 0 Å². The van der Waals surface area contributed by atoms with Gasteiger partial charge >= 0.3 is 5.97 Å². The molecule has 0 amide bonds. The minimum absolute atomic E-state index is 0.186. The summed E-state index contributed by atoms with van der Waals surface area (Å²) < 4.78 is 4.93. The molecule has 0 spiro atoms. The number of rotatable bonds is 1. The standard InChI is InChI=1S/C20H26O4/c1-20-8-7-14-13-6-4-12(21)9-11(13)3-5-15(14)17(20)10-16(18(20)22)19(23)24-2/h4,6,9,14-18,21-22H,3,5,7-8,10H2,1-2H3/t14?,15?,16?,17?,18?,20-/m1/s1. The Hall–Kier alpha value is -1.55. The molecule has 3 aliphatic carbocycles. The van der Waals surface area contributed by atoms with E-state index in [-0.39, 0.29) is 17.3 Å². The Bertz CT molecular complexity index is 670. The fourth-order valence-corrected chi connectivity index (χ4v) is 5.97. The fraction of sp³-hybridized carbons (Fsp3) is 0.650. The second-order valence-electron chi connectivity index (χ2n) is 8.15. The maximum absolute atomic E-state index is 12.1. The van der Waals surface area contributed by atoms with Crippen LogP contribution in [0.4, 0.5) is 0 Å². The van der Waals surface area contributed by atoms with Gasteiger partial charge in [-0.05, 0) is 78.5 Å². The Balaban J connectivity index is 1.67. The van der Waals surface area contributed by atoms with Crippen molar-refractivity contribution >= 4 is 5.97 Å². The molecule has 0 aliphatic heterocycles. The maximum atomic E-state index is 12.1. The molecule has 0 bridgehead atoms. The minimum atomic E-state index is -0.600. The van der Waals surface area contributed by atoms with Crippen LogP contribution in [-0.4, -0.2) is 29.4 Å². The number of hydrogen-bond donors (Lipinski definition) is 2. The highest BCUT2D eigenvalue weighted by atomic mass is 16.5. The van der Waals surface area contributed by atoms with Gasteiger partial charge in [0.15, 0.2) is 0 Å². The van der Waals surface area contributed by atoms with Crippen molar-refractivity contribution in [2.75, 3.05) is 7.11 Å². The zero-order chi connectivity index (χ0) is 17.1. The molecule has 4 nitrogen and oxygen atoms in total. The van der Waals surface area contributed by atoms with Crippen LogP contribution in [0.1, 0.15) is 49.7 Å². The first-order valence-electron chi connectivity index (χ1n) is 9.03. The molecule has 1 aromatic carbocycles. The van der Waals surface area contributed by atoms with Gasteiger partial charge in [-0.1, -0.05) is 13.0 Å². The number of carbonyl (C=O) groups is 1. The van der Waals surface area contributed by atoms with E-state index in [0.29, 0.717) is 23.5 Å². The Labute approximate surface area is 142 Å². The van der Waals surface area contributed by atoms with Crippen LogP contribution in [0.3, 0.4) is 0 Å². The lowest BCUT2D eigenvalue weighted by molar-refractivity contribution is -0.150. The number of aliphatic hydroxyl groups is 1. The summed E-state index contributed by atoms with van der Waals surface area (Å²) in [7, 11) is 1.41. The number of hydrogen-bond acceptors (Lipinski definition) is 4. The van der Waals surface area contributed by atoms with E-state index in [4.69, 9.17) is 4.74 Å². The first-order valence-corrected chi connectivity index (χ1v) is 9.03. The number of methoxy groups -OCH3 is 1. The van der Waals surface area contributed by atoms with Crippen LogP contribution in [0.2, 0.25) is 0 Å². The summed E-state index contributed by atoms with van der Waals surface area (Å²) in [5.41, 5.74) is 2.44. The maximum Gasteiger partial charge on any atom is 0.311 e. The van der Waals surface area contributed by atoms with Gasteiger partial charge in [0.1, 0.15) is 5.75 Å². The Morgan fingerprint density at radius 2 is 2.12 bits per heavy atom. The predicted octanol–water partition coefficient (Wildman–Crippen LogP) is 3.01. The van der Waals surface area contributed by atoms with Crippen molar-refractivity contribution in [3.8, 4) is 5.75 Å². The predicted molar refractivity (Wildman–Crippen MR) is 89.6 cm³/mol. The number of benzene rings is 1. The number of carbonyl (C=O) groups excluding carboxylic acids is 1. The third kappa shape index (κ3) is 2.12. The van der Waals surface area contributed by atoms with Crippen molar-refractivity contribution in [1.82, 2.24) is 0 Å². The number of phenolic OH excluding ortho intramolecular Hbond substituents is 1. The van der Waals surface area contributed by atoms with Gasteiger partial charge in [0.25, 0.3) is 0 Å². The van der Waals surface area contributed by atoms with E-state index < -0.39 is 6.10 Å². The van der Waals surface area contributed by atoms with Gasteiger partial charge in [-0.25, -0.2) is 0 Å². The monoisotopic (exact) mass is 330 g/mol. The largest absolute Gasteiger partial charge is 0.508 e. The SMILES string of the molecule is COC(=O)C1CC2C3CCc4cc(O)ccc4C3CC[C@@]2(C)C1O. The Kier molecular flexibility index (Phi) is 3.64. The molecule has 4 heteroatoms. The number of phenols is 1. The summed E-state index contributed by atoms with van der Waals surface area (Å²) in [5.74, 6) is 1.04. The van der Waals surface area contributed by atoms with E-state index >= 15 is 0 Å². The van der Waals surface area contributed by atoms with Crippen LogP contribution < -0.4 is 0 Å². The third-order valence-electron chi connectivity index (χ3n) is 7.22. The molecule has 1 aromatic rings. The zero-order valence-electron chi connectivity index (χ0n) is 14.4. The second kappa shape index (κ2) is 5.48. The number of aromatic hydroxyl groups is 1. The third-order valence-corrected chi connectivity index (χ3v) is 7.22. The molecule has 5 unspecified atom stereocenters. The van der Waals surface area contributed by atoms with E-state index in [1.165, 1.54) is 18.2 Å². The number of esters is 1. The highest BCUT2D eigenvalue weighted by molar-refractivity contribution is 5.73. The molecule has 130 valence electrons. The lowest BCUT2D eigenvalue weighted by atomic mass is 9.55. The number of fused-ring (bicyclic) bond motifs is 5. The molecule has 24 heavy (non-hydrogen) atoms. The fourth-order valence-electron chi connectivity index (χ4n) is 5.97. The number of aliphatic hydroxyl groups excluding tert-OH is 1. The van der Waals surface area contributed by atoms with Crippen molar-refractivity contribution in [2.24, 2.45) is 23.2 Å². The molecular formula is C20H26O4. The lowest BCUT2D eigenvalue weighted by Crippen LogP contribution is -2.44. The van der Waals surface area contributed by atoms with E-state index in [1.807, 2.05) is 6.07 Å². The van der Waals surface area contributed by atoms with Crippen molar-refractivity contribution in [3.63, 3.8) is 0 Å². The molecular weight excluding hydrogens is 304 g/mol. The smallest absolute Gasteiger partial charge is 0.311 e. The van der Waals surface area contributed by atoms with Gasteiger partial charge in [0.05, 0.1) is 19.1 Å². The average Bonchev–Trinajstić information content (AvgIpc) is 2.85. The second-order valence-corrected chi connectivity index (χ2v) is 8.15. The normalized spacial score (nSPS) is 40.4. The molecule has 2 fully saturated rings. The van der Waals surface area contributed by atoms with Crippen LogP contribution in [-0.2, 0) is 16.0 Å². The first-order chi connectivity index (χ1) is 11.5. The highest BCUT2D eigenvalue weighted by Gasteiger charge is 2.59. The van der Waals surface area contributed by atoms with Crippen LogP contribution in [0.15, 0.2) is 18.2 Å². The van der Waals surface area contributed by atoms with E-state index in [2.05, 4.69) is 13.0 Å². The van der Waals surface area contributed by atoms with Gasteiger partial charge < -0.3 is 14.9 Å². The van der Waals surface area contributed by atoms with Crippen molar-refractivity contribution in [2.45, 2.75) is 51.0 Å². The summed E-state index contributed by atoms with van der Waals surface area (Å²) in [6, 6.07) is 5.77. The quantitative estimate of drug-likeness (QED) is 0.777. The van der Waals surface area contributed by atoms with E-state index in [1.54, 1.807) is 6.07 Å². The summed E-state index contributed by atoms with van der Waals surface area (Å²) in [5, 5.41) is 20.6. The molecule has 0 aromatic heterocycles. The molecule has 0 heterocycles. The Morgan fingerprint density at radius 3 is 2.88 bits per heavy atom. The summed E-state index contributed by atoms with van der Waals surface area (Å²) in [4.78, 5) is 12.1. The molecule has 6 atom stereocenters. The first kappa shape index (κ1) is 15.9. The summed E-state index contributed by atoms with van der Waals surface area (Å²) in [6.07, 6.45) is 4.16. The summed E-state index contributed by atoms with van der Waals surface area (Å²) >= 11 is 0. The Morgan fingerprint density at radius 1 is 1.33 bits per heavy atom. The molecule has 0 saturated heterocycles. The van der Waals surface area contributed by atoms with Crippen LogP contribution in [0.5, 0.6) is 5.75 Å². The topological polar surface area (TPSA) is 66.8 Å². The molecule has 0 radical (unpaired) electrons. The average molecular weight is 330 g/mol. The highest BCUT2D eigenvalue weighted by Crippen LogP contribution is 2.62. The van der Waals surface area contributed by atoms with Crippen LogP contribution in [0, 0.1) is 23.2 Å². The van der Waals surface area contributed by atoms with E-state index in [9.17, 15) is 15.0 Å². The number of aryl methyl sites for hydroxylation is 1. The van der Waals surface area contributed by atoms with Crippen molar-refractivity contribution in [3.05, 3.63) is 29.3 Å². The van der Waals surface area contributed by atoms with Gasteiger partial charge in [-0.15, -0.1) is 0 Å². The van der Waals surface area contributed by atoms with Crippen molar-refractivity contribution in [1.29, 1.82) is 0 Å². The molecule has 3 aliphatic rings. The van der Waals surface area contributed by atoms with Gasteiger partial charge in [0, 0.05) is 0 Å². The van der Waals surface area contributed by atoms with Crippen LogP contribution >= 0.6 is 0 Å². The zero-order valence-corrected chi connectivity index (χ0v) is 14.4. The van der Waals surface area contributed by atoms with Gasteiger partial charge in [-0.3, -0.25) is 4.79 Å². The molecule has 2 N–H and O–H groups in total. The molecule has 4 rings (SSSR count). The van der Waals surface area contributed by atoms with Crippen molar-refractivity contribution < 1.29 is 19.7 Å².